The number of ether oxygens (including phenoxy) is 2. The zero-order chi connectivity index (χ0) is 22.7. The fourth-order valence-corrected chi connectivity index (χ4v) is 4.36. The molecule has 2 aromatic rings. The van der Waals surface area contributed by atoms with Crippen LogP contribution in [0.25, 0.3) is 0 Å². The van der Waals surface area contributed by atoms with E-state index in [1.807, 2.05) is 11.8 Å². The monoisotopic (exact) mass is 478 g/mol. The Bertz CT molecular complexity index is 980. The van der Waals surface area contributed by atoms with E-state index in [-0.39, 0.29) is 18.6 Å². The standard InChI is InChI=1S/C22H24Cl2N4O4/c1-2-31-13-18-14-32-22(30)28(18)17-5-3-15(4-6-17)21(29)27-9-7-26(8-10-27)20-19(24)11-16(23)12-25-20/h3-6,11-12,18H,2,7-10,13-14H2,1H3. The third-order valence-corrected chi connectivity index (χ3v) is 6.01. The lowest BCUT2D eigenvalue weighted by Crippen LogP contribution is -2.49. The molecule has 1 atom stereocenters. The Labute approximate surface area is 196 Å². The molecule has 0 spiro atoms. The largest absolute Gasteiger partial charge is 0.447 e. The van der Waals surface area contributed by atoms with Gasteiger partial charge in [0, 0.05) is 50.2 Å². The first-order valence-electron chi connectivity index (χ1n) is 10.5. The minimum atomic E-state index is -0.403. The zero-order valence-corrected chi connectivity index (χ0v) is 19.2. The molecule has 1 unspecified atom stereocenters. The highest BCUT2D eigenvalue weighted by Crippen LogP contribution is 2.28. The zero-order valence-electron chi connectivity index (χ0n) is 17.7. The maximum atomic E-state index is 13.0. The van der Waals surface area contributed by atoms with Gasteiger partial charge >= 0.3 is 6.09 Å². The van der Waals surface area contributed by atoms with Crippen molar-refractivity contribution in [1.29, 1.82) is 0 Å². The summed E-state index contributed by atoms with van der Waals surface area (Å²) in [5.41, 5.74) is 1.25. The minimum Gasteiger partial charge on any atom is -0.447 e. The van der Waals surface area contributed by atoms with Gasteiger partial charge in [0.1, 0.15) is 12.4 Å². The normalized spacial score (nSPS) is 18.8. The number of pyridine rings is 1. The van der Waals surface area contributed by atoms with Gasteiger partial charge in [0.25, 0.3) is 5.91 Å². The smallest absolute Gasteiger partial charge is 0.414 e. The number of amides is 2. The molecule has 3 heterocycles. The molecule has 2 saturated heterocycles. The number of halogens is 2. The number of rotatable bonds is 6. The summed E-state index contributed by atoms with van der Waals surface area (Å²) in [6, 6.07) is 8.51. The third-order valence-electron chi connectivity index (χ3n) is 5.52. The molecule has 2 aliphatic rings. The van der Waals surface area contributed by atoms with Crippen LogP contribution in [0.1, 0.15) is 17.3 Å². The van der Waals surface area contributed by atoms with Gasteiger partial charge in [0.15, 0.2) is 0 Å². The lowest BCUT2D eigenvalue weighted by Gasteiger charge is -2.35. The molecule has 4 rings (SSSR count). The number of nitrogens with zero attached hydrogens (tertiary/aromatic N) is 4. The summed E-state index contributed by atoms with van der Waals surface area (Å²) in [6.45, 7) is 5.51. The van der Waals surface area contributed by atoms with E-state index < -0.39 is 6.09 Å². The Morgan fingerprint density at radius 1 is 1.19 bits per heavy atom. The first kappa shape index (κ1) is 22.6. The van der Waals surface area contributed by atoms with Crippen molar-refractivity contribution in [2.45, 2.75) is 13.0 Å². The Kier molecular flexibility index (Phi) is 7.03. The summed E-state index contributed by atoms with van der Waals surface area (Å²) in [5.74, 6) is 0.618. The van der Waals surface area contributed by atoms with Gasteiger partial charge in [-0.05, 0) is 37.3 Å². The Hall–Kier alpha value is -2.55. The fraction of sp³-hybridized carbons (Fsp3) is 0.409. The molecular weight excluding hydrogens is 455 g/mol. The molecule has 0 saturated carbocycles. The number of benzene rings is 1. The van der Waals surface area contributed by atoms with Crippen LogP contribution < -0.4 is 9.80 Å². The second kappa shape index (κ2) is 9.94. The second-order valence-corrected chi connectivity index (χ2v) is 8.39. The van der Waals surface area contributed by atoms with Crippen molar-refractivity contribution in [1.82, 2.24) is 9.88 Å². The molecule has 0 radical (unpaired) electrons. The number of carbonyl (C=O) groups excluding carboxylic acids is 2. The van der Waals surface area contributed by atoms with Gasteiger partial charge in [-0.2, -0.15) is 0 Å². The Balaban J connectivity index is 1.38. The van der Waals surface area contributed by atoms with Crippen molar-refractivity contribution in [2.75, 3.05) is 55.8 Å². The number of hydrogen-bond donors (Lipinski definition) is 0. The highest BCUT2D eigenvalue weighted by Gasteiger charge is 2.34. The van der Waals surface area contributed by atoms with Gasteiger partial charge in [-0.1, -0.05) is 23.2 Å². The highest BCUT2D eigenvalue weighted by molar-refractivity contribution is 6.36. The summed E-state index contributed by atoms with van der Waals surface area (Å²) in [5, 5.41) is 0.985. The van der Waals surface area contributed by atoms with Gasteiger partial charge in [-0.25, -0.2) is 9.78 Å². The number of cyclic esters (lactones) is 1. The molecule has 2 fully saturated rings. The van der Waals surface area contributed by atoms with Crippen molar-refractivity contribution in [3.63, 3.8) is 0 Å². The van der Waals surface area contributed by atoms with Gasteiger partial charge in [-0.3, -0.25) is 9.69 Å². The van der Waals surface area contributed by atoms with E-state index in [1.165, 1.54) is 0 Å². The van der Waals surface area contributed by atoms with Gasteiger partial charge < -0.3 is 19.3 Å². The van der Waals surface area contributed by atoms with Crippen LogP contribution in [0.3, 0.4) is 0 Å². The van der Waals surface area contributed by atoms with Crippen LogP contribution in [0.15, 0.2) is 36.5 Å². The molecule has 32 heavy (non-hydrogen) atoms. The number of piperazine rings is 1. The second-order valence-electron chi connectivity index (χ2n) is 7.55. The van der Waals surface area contributed by atoms with E-state index in [2.05, 4.69) is 4.98 Å². The minimum absolute atomic E-state index is 0.0544. The number of carbonyl (C=O) groups is 2. The third kappa shape index (κ3) is 4.77. The number of anilines is 2. The maximum Gasteiger partial charge on any atom is 0.414 e. The molecule has 0 bridgehead atoms. The van der Waals surface area contributed by atoms with Crippen molar-refractivity contribution in [3.8, 4) is 0 Å². The van der Waals surface area contributed by atoms with Crippen molar-refractivity contribution in [2.24, 2.45) is 0 Å². The predicted molar refractivity (Wildman–Crippen MR) is 123 cm³/mol. The summed E-state index contributed by atoms with van der Waals surface area (Å²) in [7, 11) is 0. The van der Waals surface area contributed by atoms with Crippen LogP contribution >= 0.6 is 23.2 Å². The molecule has 2 amide bonds. The maximum absolute atomic E-state index is 13.0. The summed E-state index contributed by atoms with van der Waals surface area (Å²) < 4.78 is 10.6. The summed E-state index contributed by atoms with van der Waals surface area (Å²) in [6.07, 6.45) is 1.16. The van der Waals surface area contributed by atoms with Gasteiger partial charge in [-0.15, -0.1) is 0 Å². The molecular formula is C22H24Cl2N4O4. The number of aromatic nitrogens is 1. The van der Waals surface area contributed by atoms with Crippen LogP contribution in [-0.4, -0.2) is 73.9 Å². The van der Waals surface area contributed by atoms with E-state index >= 15 is 0 Å². The molecule has 2 aliphatic heterocycles. The average Bonchev–Trinajstić information content (AvgIpc) is 3.17. The first-order valence-corrected chi connectivity index (χ1v) is 11.2. The molecule has 1 aromatic heterocycles. The molecule has 8 nitrogen and oxygen atoms in total. The first-order chi connectivity index (χ1) is 15.5. The van der Waals surface area contributed by atoms with Crippen molar-refractivity contribution in [3.05, 3.63) is 52.1 Å². The van der Waals surface area contributed by atoms with E-state index in [0.717, 1.165) is 0 Å². The van der Waals surface area contributed by atoms with Crippen LogP contribution in [0.5, 0.6) is 0 Å². The molecule has 0 aliphatic carbocycles. The van der Waals surface area contributed by atoms with Crippen LogP contribution in [0.2, 0.25) is 10.0 Å². The fourth-order valence-electron chi connectivity index (χ4n) is 3.86. The lowest BCUT2D eigenvalue weighted by atomic mass is 10.1. The SMILES string of the molecule is CCOCC1COC(=O)N1c1ccc(C(=O)N2CCN(c3ncc(Cl)cc3Cl)CC2)cc1. The van der Waals surface area contributed by atoms with Crippen molar-refractivity contribution < 1.29 is 19.1 Å². The summed E-state index contributed by atoms with van der Waals surface area (Å²) in [4.78, 5) is 34.9. The van der Waals surface area contributed by atoms with Crippen LogP contribution in [0.4, 0.5) is 16.3 Å². The number of hydrogen-bond acceptors (Lipinski definition) is 6. The van der Waals surface area contributed by atoms with Crippen LogP contribution in [0, 0.1) is 0 Å². The predicted octanol–water partition coefficient (Wildman–Crippen LogP) is 3.71. The lowest BCUT2D eigenvalue weighted by molar-refractivity contribution is 0.0746. The molecule has 10 heteroatoms. The van der Waals surface area contributed by atoms with Gasteiger partial charge in [0.2, 0.25) is 0 Å². The van der Waals surface area contributed by atoms with Crippen molar-refractivity contribution >= 4 is 46.7 Å². The van der Waals surface area contributed by atoms with Crippen LogP contribution in [-0.2, 0) is 9.47 Å². The average molecular weight is 479 g/mol. The highest BCUT2D eigenvalue weighted by atomic mass is 35.5. The van der Waals surface area contributed by atoms with Gasteiger partial charge in [0.05, 0.1) is 22.7 Å². The summed E-state index contributed by atoms with van der Waals surface area (Å²) >= 11 is 12.2. The Morgan fingerprint density at radius 3 is 2.56 bits per heavy atom. The van der Waals surface area contributed by atoms with E-state index in [1.54, 1.807) is 46.3 Å². The van der Waals surface area contributed by atoms with E-state index in [4.69, 9.17) is 32.7 Å². The quantitative estimate of drug-likeness (QED) is 0.629. The topological polar surface area (TPSA) is 75.2 Å². The van der Waals surface area contributed by atoms with E-state index in [9.17, 15) is 9.59 Å². The Morgan fingerprint density at radius 2 is 1.91 bits per heavy atom. The molecule has 170 valence electrons. The molecule has 0 N–H and O–H groups in total. The molecule has 1 aromatic carbocycles. The van der Waals surface area contributed by atoms with E-state index in [0.29, 0.717) is 66.5 Å².